The average molecular weight is 537 g/mol. The van der Waals surface area contributed by atoms with Crippen molar-refractivity contribution in [2.75, 3.05) is 7.11 Å². The topological polar surface area (TPSA) is 137 Å². The number of ether oxygens (including phenoxy) is 2. The van der Waals surface area contributed by atoms with Gasteiger partial charge in [0.25, 0.3) is 0 Å². The molecule has 3 aromatic carbocycles. The highest BCUT2D eigenvalue weighted by Gasteiger charge is 2.39. The standard InChI is InChI=1S/C31H36O8/c1-38-28-16-20(9-12-26(28)35)7-10-24(33)19-25(34)11-8-21-15-27(36)30(37)29(17-21)39-31(13-2-3-14-31)22-5-4-6-23(32)18-22/h4-6,9,12,15-18,25,32,34-37H,2-3,7-8,10-11,13-14,19H2,1H3. The summed E-state index contributed by atoms with van der Waals surface area (Å²) >= 11 is 0. The molecule has 1 aliphatic carbocycles. The lowest BCUT2D eigenvalue weighted by Crippen LogP contribution is -2.29. The maximum absolute atomic E-state index is 12.4. The first-order chi connectivity index (χ1) is 18.7. The summed E-state index contributed by atoms with van der Waals surface area (Å²) in [5, 5.41) is 51.1. The number of benzene rings is 3. The summed E-state index contributed by atoms with van der Waals surface area (Å²) in [7, 11) is 1.46. The van der Waals surface area contributed by atoms with Gasteiger partial charge in [-0.05, 0) is 98.0 Å². The van der Waals surface area contributed by atoms with Crippen molar-refractivity contribution in [2.24, 2.45) is 0 Å². The summed E-state index contributed by atoms with van der Waals surface area (Å²) in [6.45, 7) is 0. The molecule has 0 spiro atoms. The fraction of sp³-hybridized carbons (Fsp3) is 0.387. The van der Waals surface area contributed by atoms with Gasteiger partial charge in [-0.3, -0.25) is 4.79 Å². The summed E-state index contributed by atoms with van der Waals surface area (Å²) in [4.78, 5) is 12.4. The molecule has 0 heterocycles. The molecule has 0 aliphatic heterocycles. The van der Waals surface area contributed by atoms with Crippen molar-refractivity contribution in [3.63, 3.8) is 0 Å². The first-order valence-corrected chi connectivity index (χ1v) is 13.3. The quantitative estimate of drug-likeness (QED) is 0.198. The summed E-state index contributed by atoms with van der Waals surface area (Å²) in [6.07, 6.45) is 3.80. The Morgan fingerprint density at radius 3 is 2.36 bits per heavy atom. The van der Waals surface area contributed by atoms with E-state index in [-0.39, 0.29) is 47.4 Å². The summed E-state index contributed by atoms with van der Waals surface area (Å²) in [6, 6.07) is 14.9. The molecule has 208 valence electrons. The van der Waals surface area contributed by atoms with Crippen LogP contribution in [0.15, 0.2) is 54.6 Å². The number of ketones is 1. The third-order valence-electron chi connectivity index (χ3n) is 7.37. The third-order valence-corrected chi connectivity index (χ3v) is 7.37. The van der Waals surface area contributed by atoms with Crippen LogP contribution in [0.1, 0.15) is 61.6 Å². The molecule has 1 saturated carbocycles. The van der Waals surface area contributed by atoms with Gasteiger partial charge in [0.2, 0.25) is 5.75 Å². The van der Waals surface area contributed by atoms with Gasteiger partial charge in [0.05, 0.1) is 13.2 Å². The van der Waals surface area contributed by atoms with E-state index in [4.69, 9.17) is 9.47 Å². The maximum atomic E-state index is 12.4. The zero-order valence-corrected chi connectivity index (χ0v) is 22.1. The number of aliphatic hydroxyl groups is 1. The number of phenolic OH excluding ortho intramolecular Hbond substituents is 4. The number of phenols is 4. The highest BCUT2D eigenvalue weighted by Crippen LogP contribution is 2.47. The van der Waals surface area contributed by atoms with Gasteiger partial charge >= 0.3 is 0 Å². The lowest BCUT2D eigenvalue weighted by Gasteiger charge is -2.31. The van der Waals surface area contributed by atoms with E-state index in [2.05, 4.69) is 0 Å². The molecule has 0 bridgehead atoms. The Balaban J connectivity index is 1.36. The van der Waals surface area contributed by atoms with Crippen LogP contribution in [0.5, 0.6) is 34.5 Å². The van der Waals surface area contributed by atoms with E-state index in [9.17, 15) is 30.3 Å². The van der Waals surface area contributed by atoms with Gasteiger partial charge in [0, 0.05) is 12.8 Å². The Morgan fingerprint density at radius 2 is 1.64 bits per heavy atom. The van der Waals surface area contributed by atoms with E-state index < -0.39 is 11.7 Å². The SMILES string of the molecule is COc1cc(CCC(=O)CC(O)CCc2cc(O)c(O)c(OC3(c4cccc(O)c4)CCCC3)c2)ccc1O. The predicted octanol–water partition coefficient (Wildman–Crippen LogP) is 5.25. The Hall–Kier alpha value is -3.91. The van der Waals surface area contributed by atoms with Crippen LogP contribution in [-0.4, -0.2) is 44.5 Å². The van der Waals surface area contributed by atoms with E-state index in [1.807, 2.05) is 6.07 Å². The van der Waals surface area contributed by atoms with Gasteiger partial charge in [0.15, 0.2) is 23.0 Å². The summed E-state index contributed by atoms with van der Waals surface area (Å²) < 4.78 is 11.5. The minimum Gasteiger partial charge on any atom is -0.508 e. The summed E-state index contributed by atoms with van der Waals surface area (Å²) in [5.74, 6) is -0.0925. The predicted molar refractivity (Wildman–Crippen MR) is 146 cm³/mol. The van der Waals surface area contributed by atoms with Crippen LogP contribution in [0.2, 0.25) is 0 Å². The van der Waals surface area contributed by atoms with E-state index >= 15 is 0 Å². The molecular weight excluding hydrogens is 500 g/mol. The van der Waals surface area contributed by atoms with Crippen molar-refractivity contribution >= 4 is 5.78 Å². The lowest BCUT2D eigenvalue weighted by atomic mass is 9.91. The molecule has 0 aromatic heterocycles. The second-order valence-corrected chi connectivity index (χ2v) is 10.3. The number of Topliss-reactive ketones (excluding diaryl/α,β-unsaturated/α-hetero) is 1. The number of aryl methyl sites for hydroxylation is 2. The number of hydrogen-bond acceptors (Lipinski definition) is 8. The largest absolute Gasteiger partial charge is 0.508 e. The van der Waals surface area contributed by atoms with Crippen LogP contribution in [-0.2, 0) is 23.2 Å². The summed E-state index contributed by atoms with van der Waals surface area (Å²) in [5.41, 5.74) is 1.59. The lowest BCUT2D eigenvalue weighted by molar-refractivity contribution is -0.121. The molecule has 3 aromatic rings. The molecule has 0 radical (unpaired) electrons. The molecule has 8 heteroatoms. The van der Waals surface area contributed by atoms with Crippen LogP contribution in [0.25, 0.3) is 0 Å². The molecular formula is C31H36O8. The third kappa shape index (κ3) is 6.95. The van der Waals surface area contributed by atoms with Gasteiger partial charge in [-0.25, -0.2) is 0 Å². The van der Waals surface area contributed by atoms with E-state index in [1.165, 1.54) is 19.2 Å². The normalized spacial score (nSPS) is 15.1. The van der Waals surface area contributed by atoms with Gasteiger partial charge < -0.3 is 35.0 Å². The molecule has 0 saturated heterocycles. The molecule has 5 N–H and O–H groups in total. The van der Waals surface area contributed by atoms with Gasteiger partial charge in [-0.1, -0.05) is 18.2 Å². The average Bonchev–Trinajstić information content (AvgIpc) is 3.39. The van der Waals surface area contributed by atoms with Crippen molar-refractivity contribution in [1.29, 1.82) is 0 Å². The zero-order valence-electron chi connectivity index (χ0n) is 22.1. The number of methoxy groups -OCH3 is 1. The first-order valence-electron chi connectivity index (χ1n) is 13.3. The first kappa shape index (κ1) is 28.1. The second-order valence-electron chi connectivity index (χ2n) is 10.3. The Bertz CT molecular complexity index is 1300. The molecule has 1 fully saturated rings. The van der Waals surface area contributed by atoms with Crippen molar-refractivity contribution < 1.29 is 39.8 Å². The Kier molecular flexibility index (Phi) is 8.86. The van der Waals surface area contributed by atoms with Crippen molar-refractivity contribution in [1.82, 2.24) is 0 Å². The number of rotatable bonds is 12. The molecule has 39 heavy (non-hydrogen) atoms. The number of aliphatic hydroxyl groups excluding tert-OH is 1. The molecule has 8 nitrogen and oxygen atoms in total. The fourth-order valence-corrected chi connectivity index (χ4v) is 5.23. The van der Waals surface area contributed by atoms with E-state index in [0.717, 1.165) is 24.0 Å². The van der Waals surface area contributed by atoms with Crippen molar-refractivity contribution in [3.05, 3.63) is 71.3 Å². The molecule has 1 aliphatic rings. The molecule has 1 atom stereocenters. The molecule has 0 amide bonds. The second kappa shape index (κ2) is 12.3. The number of carbonyl (C=O) groups excluding carboxylic acids is 1. The van der Waals surface area contributed by atoms with Crippen LogP contribution in [0, 0.1) is 0 Å². The number of carbonyl (C=O) groups is 1. The minimum absolute atomic E-state index is 0.00323. The number of hydrogen-bond donors (Lipinski definition) is 5. The van der Waals surface area contributed by atoms with Crippen molar-refractivity contribution in [2.45, 2.75) is 69.5 Å². The highest BCUT2D eigenvalue weighted by molar-refractivity contribution is 5.79. The zero-order chi connectivity index (χ0) is 28.0. The van der Waals surface area contributed by atoms with Crippen LogP contribution in [0.3, 0.4) is 0 Å². The fourth-order valence-electron chi connectivity index (χ4n) is 5.23. The Morgan fingerprint density at radius 1 is 0.897 bits per heavy atom. The highest BCUT2D eigenvalue weighted by atomic mass is 16.5. The van der Waals surface area contributed by atoms with Gasteiger partial charge in [-0.2, -0.15) is 0 Å². The maximum Gasteiger partial charge on any atom is 0.200 e. The van der Waals surface area contributed by atoms with Gasteiger partial charge in [0.1, 0.15) is 17.1 Å². The molecule has 4 rings (SSSR count). The van der Waals surface area contributed by atoms with Crippen LogP contribution < -0.4 is 9.47 Å². The van der Waals surface area contributed by atoms with Crippen molar-refractivity contribution in [3.8, 4) is 34.5 Å². The Labute approximate surface area is 228 Å². The van der Waals surface area contributed by atoms with Crippen LogP contribution in [0.4, 0.5) is 0 Å². The van der Waals surface area contributed by atoms with Gasteiger partial charge in [-0.15, -0.1) is 0 Å². The molecule has 1 unspecified atom stereocenters. The smallest absolute Gasteiger partial charge is 0.200 e. The number of aromatic hydroxyl groups is 4. The van der Waals surface area contributed by atoms with E-state index in [1.54, 1.807) is 36.4 Å². The monoisotopic (exact) mass is 536 g/mol. The van der Waals surface area contributed by atoms with E-state index in [0.29, 0.717) is 43.4 Å². The minimum atomic E-state index is -0.861. The van der Waals surface area contributed by atoms with Crippen LogP contribution >= 0.6 is 0 Å².